The third-order valence-electron chi connectivity index (χ3n) is 6.33. The molecule has 2 heterocycles. The Bertz CT molecular complexity index is 1470. The molecule has 0 saturated carbocycles. The predicted molar refractivity (Wildman–Crippen MR) is 138 cm³/mol. The normalized spacial score (nSPS) is 17.5. The first kappa shape index (κ1) is 26.1. The molecule has 0 saturated heterocycles. The Labute approximate surface area is 214 Å². The van der Waals surface area contributed by atoms with Gasteiger partial charge < -0.3 is 13.9 Å². The van der Waals surface area contributed by atoms with E-state index >= 15 is 0 Å². The molecule has 0 bridgehead atoms. The SMILES string of the molecule is CCOC(=O)c1oc(C2=CC=CC(n3ncc4cc(C(C)(C)C)ccc4c3=O)C2COC(C)=O)nc1C. The van der Waals surface area contributed by atoms with Gasteiger partial charge in [0, 0.05) is 23.8 Å². The number of benzene rings is 1. The second kappa shape index (κ2) is 10.2. The van der Waals surface area contributed by atoms with Crippen LogP contribution in [0.5, 0.6) is 0 Å². The fourth-order valence-corrected chi connectivity index (χ4v) is 4.34. The van der Waals surface area contributed by atoms with Crippen molar-refractivity contribution >= 4 is 28.3 Å². The molecule has 1 aromatic carbocycles. The Hall–Kier alpha value is -4.01. The summed E-state index contributed by atoms with van der Waals surface area (Å²) in [7, 11) is 0. The molecule has 0 aliphatic heterocycles. The summed E-state index contributed by atoms with van der Waals surface area (Å²) in [5.74, 6) is -1.42. The average Bonchev–Trinajstić information content (AvgIpc) is 3.23. The first-order valence-corrected chi connectivity index (χ1v) is 12.2. The monoisotopic (exact) mass is 505 g/mol. The zero-order valence-electron chi connectivity index (χ0n) is 21.9. The first-order valence-electron chi connectivity index (χ1n) is 12.2. The van der Waals surface area contributed by atoms with Crippen molar-refractivity contribution in [3.8, 4) is 0 Å². The van der Waals surface area contributed by atoms with Gasteiger partial charge in [0.2, 0.25) is 11.7 Å². The number of hydrogen-bond acceptors (Lipinski definition) is 8. The number of oxazole rings is 1. The van der Waals surface area contributed by atoms with Gasteiger partial charge in [-0.2, -0.15) is 5.10 Å². The Morgan fingerprint density at radius 3 is 2.62 bits per heavy atom. The van der Waals surface area contributed by atoms with Crippen LogP contribution in [0.3, 0.4) is 0 Å². The van der Waals surface area contributed by atoms with Crippen molar-refractivity contribution in [2.75, 3.05) is 13.2 Å². The molecule has 9 nitrogen and oxygen atoms in total. The maximum absolute atomic E-state index is 13.6. The van der Waals surface area contributed by atoms with E-state index in [1.54, 1.807) is 32.2 Å². The van der Waals surface area contributed by atoms with Crippen LogP contribution < -0.4 is 5.56 Å². The first-order chi connectivity index (χ1) is 17.5. The zero-order valence-corrected chi connectivity index (χ0v) is 21.9. The summed E-state index contributed by atoms with van der Waals surface area (Å²) in [4.78, 5) is 42.0. The molecule has 0 spiro atoms. The molecule has 194 valence electrons. The van der Waals surface area contributed by atoms with Gasteiger partial charge in [0.1, 0.15) is 6.61 Å². The van der Waals surface area contributed by atoms with Gasteiger partial charge in [0.05, 0.1) is 29.9 Å². The Morgan fingerprint density at radius 1 is 1.19 bits per heavy atom. The number of ether oxygens (including phenoxy) is 2. The summed E-state index contributed by atoms with van der Waals surface area (Å²) in [5, 5.41) is 5.78. The van der Waals surface area contributed by atoms with Crippen LogP contribution in [0.15, 0.2) is 51.8 Å². The molecule has 9 heteroatoms. The van der Waals surface area contributed by atoms with Crippen molar-refractivity contribution in [2.24, 2.45) is 5.92 Å². The third-order valence-corrected chi connectivity index (χ3v) is 6.33. The number of carbonyl (C=O) groups excluding carboxylic acids is 2. The lowest BCUT2D eigenvalue weighted by Gasteiger charge is -2.28. The highest BCUT2D eigenvalue weighted by Gasteiger charge is 2.34. The van der Waals surface area contributed by atoms with Crippen LogP contribution in [-0.2, 0) is 19.7 Å². The van der Waals surface area contributed by atoms with Crippen LogP contribution >= 0.6 is 0 Å². The molecule has 2 unspecified atom stereocenters. The maximum atomic E-state index is 13.6. The summed E-state index contributed by atoms with van der Waals surface area (Å²) < 4.78 is 17.6. The lowest BCUT2D eigenvalue weighted by molar-refractivity contribution is -0.142. The largest absolute Gasteiger partial charge is 0.465 e. The fraction of sp³-hybridized carbons (Fsp3) is 0.393. The van der Waals surface area contributed by atoms with Gasteiger partial charge >= 0.3 is 11.9 Å². The number of aryl methyl sites for hydroxylation is 1. The van der Waals surface area contributed by atoms with Gasteiger partial charge in [0.15, 0.2) is 0 Å². The number of rotatable bonds is 6. The molecule has 0 amide bonds. The van der Waals surface area contributed by atoms with Crippen molar-refractivity contribution < 1.29 is 23.5 Å². The van der Waals surface area contributed by atoms with Crippen molar-refractivity contribution in [1.29, 1.82) is 0 Å². The topological polar surface area (TPSA) is 114 Å². The zero-order chi connectivity index (χ0) is 26.9. The minimum Gasteiger partial charge on any atom is -0.465 e. The lowest BCUT2D eigenvalue weighted by Crippen LogP contribution is -2.34. The van der Waals surface area contributed by atoms with E-state index in [4.69, 9.17) is 13.9 Å². The third kappa shape index (κ3) is 5.26. The number of aromatic nitrogens is 3. The van der Waals surface area contributed by atoms with Crippen LogP contribution in [0.1, 0.15) is 68.4 Å². The highest BCUT2D eigenvalue weighted by atomic mass is 16.5. The van der Waals surface area contributed by atoms with E-state index in [0.29, 0.717) is 16.7 Å². The molecular weight excluding hydrogens is 474 g/mol. The second-order valence-electron chi connectivity index (χ2n) is 10.0. The fourth-order valence-electron chi connectivity index (χ4n) is 4.34. The van der Waals surface area contributed by atoms with Crippen LogP contribution in [0, 0.1) is 12.8 Å². The summed E-state index contributed by atoms with van der Waals surface area (Å²) in [6, 6.07) is 5.18. The van der Waals surface area contributed by atoms with Crippen molar-refractivity contribution in [2.45, 2.75) is 53.0 Å². The Balaban J connectivity index is 1.77. The Morgan fingerprint density at radius 2 is 1.95 bits per heavy atom. The minimum absolute atomic E-state index is 0.00531. The van der Waals surface area contributed by atoms with Crippen molar-refractivity contribution in [1.82, 2.24) is 14.8 Å². The smallest absolute Gasteiger partial charge is 0.376 e. The van der Waals surface area contributed by atoms with Gasteiger partial charge in [-0.25, -0.2) is 14.5 Å². The van der Waals surface area contributed by atoms with Gasteiger partial charge in [-0.05, 0) is 37.0 Å². The van der Waals surface area contributed by atoms with Crippen molar-refractivity contribution in [3.63, 3.8) is 0 Å². The van der Waals surface area contributed by atoms with Gasteiger partial charge in [-0.15, -0.1) is 0 Å². The van der Waals surface area contributed by atoms with Crippen LogP contribution in [0.2, 0.25) is 0 Å². The summed E-state index contributed by atoms with van der Waals surface area (Å²) in [6.45, 7) is 11.2. The molecule has 3 aromatic rings. The predicted octanol–water partition coefficient (Wildman–Crippen LogP) is 4.54. The van der Waals surface area contributed by atoms with E-state index in [1.165, 1.54) is 11.6 Å². The van der Waals surface area contributed by atoms with E-state index in [2.05, 4.69) is 30.9 Å². The highest BCUT2D eigenvalue weighted by Crippen LogP contribution is 2.37. The molecule has 2 atom stereocenters. The molecule has 4 rings (SSSR count). The molecule has 1 aliphatic carbocycles. The van der Waals surface area contributed by atoms with Crippen LogP contribution in [0.4, 0.5) is 0 Å². The molecule has 0 radical (unpaired) electrons. The molecule has 37 heavy (non-hydrogen) atoms. The Kier molecular flexibility index (Phi) is 7.16. The van der Waals surface area contributed by atoms with Crippen LogP contribution in [0.25, 0.3) is 16.3 Å². The number of esters is 2. The maximum Gasteiger partial charge on any atom is 0.376 e. The van der Waals surface area contributed by atoms with Gasteiger partial charge in [-0.3, -0.25) is 9.59 Å². The van der Waals surface area contributed by atoms with Crippen molar-refractivity contribution in [3.05, 3.63) is 75.9 Å². The van der Waals surface area contributed by atoms with E-state index in [9.17, 15) is 14.4 Å². The van der Waals surface area contributed by atoms with Gasteiger partial charge in [0.25, 0.3) is 5.56 Å². The molecular formula is C28H31N3O6. The number of carbonyl (C=O) groups is 2. The standard InChI is InChI=1S/C28H31N3O6/c1-7-35-27(34)24-16(2)30-25(37-24)21-9-8-10-23(22(21)15-36-17(3)32)31-26(33)20-12-11-19(28(4,5)6)13-18(20)14-29-31/h8-14,22-23H,7,15H2,1-6H3. The molecule has 1 aliphatic rings. The minimum atomic E-state index is -0.610. The van der Waals surface area contributed by atoms with E-state index < -0.39 is 23.9 Å². The summed E-state index contributed by atoms with van der Waals surface area (Å²) >= 11 is 0. The van der Waals surface area contributed by atoms with Crippen LogP contribution in [-0.4, -0.2) is 39.9 Å². The molecule has 0 fully saturated rings. The summed E-state index contributed by atoms with van der Waals surface area (Å²) in [6.07, 6.45) is 7.04. The highest BCUT2D eigenvalue weighted by molar-refractivity contribution is 5.88. The lowest BCUT2D eigenvalue weighted by atomic mass is 9.86. The number of allylic oxidation sites excluding steroid dienone is 3. The van der Waals surface area contributed by atoms with E-state index in [-0.39, 0.29) is 35.8 Å². The number of nitrogens with zero attached hydrogens (tertiary/aromatic N) is 3. The second-order valence-corrected chi connectivity index (χ2v) is 10.0. The average molecular weight is 506 g/mol. The number of fused-ring (bicyclic) bond motifs is 1. The van der Waals surface area contributed by atoms with E-state index in [0.717, 1.165) is 10.9 Å². The van der Waals surface area contributed by atoms with Gasteiger partial charge in [-0.1, -0.05) is 45.1 Å². The molecule has 0 N–H and O–H groups in total. The van der Waals surface area contributed by atoms with E-state index in [1.807, 2.05) is 24.3 Å². The molecule has 2 aromatic heterocycles. The summed E-state index contributed by atoms with van der Waals surface area (Å²) in [5.41, 5.74) is 1.72. The quantitative estimate of drug-likeness (QED) is 0.449. The number of hydrogen-bond donors (Lipinski definition) is 0.